The zero-order valence-electron chi connectivity index (χ0n) is 24.3. The van der Waals surface area contributed by atoms with Crippen LogP contribution in [0.3, 0.4) is 0 Å². The fourth-order valence-corrected chi connectivity index (χ4v) is 6.15. The van der Waals surface area contributed by atoms with Gasteiger partial charge in [0.2, 0.25) is 17.1 Å². The molecule has 41 heavy (non-hydrogen) atoms. The normalized spacial score (nSPS) is 13.5. The van der Waals surface area contributed by atoms with Crippen LogP contribution in [0.1, 0.15) is 31.4 Å². The van der Waals surface area contributed by atoms with Crippen LogP contribution in [0.15, 0.2) is 52.9 Å². The second kappa shape index (κ2) is 12.0. The Bertz CT molecular complexity index is 1520. The lowest BCUT2D eigenvalue weighted by Crippen LogP contribution is -2.30. The van der Waals surface area contributed by atoms with Crippen molar-refractivity contribution >= 4 is 31.5 Å². The highest BCUT2D eigenvalue weighted by Crippen LogP contribution is 2.39. The van der Waals surface area contributed by atoms with Crippen LogP contribution in [0.2, 0.25) is 25.7 Å². The Morgan fingerprint density at radius 1 is 1.15 bits per heavy atom. The lowest BCUT2D eigenvalue weighted by Gasteiger charge is -2.22. The van der Waals surface area contributed by atoms with Crippen LogP contribution in [0, 0.1) is 5.95 Å². The monoisotopic (exact) mass is 595 g/mol. The van der Waals surface area contributed by atoms with E-state index in [9.17, 15) is 9.50 Å². The van der Waals surface area contributed by atoms with Gasteiger partial charge in [-0.3, -0.25) is 4.68 Å². The third kappa shape index (κ3) is 7.06. The lowest BCUT2D eigenvalue weighted by atomic mass is 9.98. The maximum absolute atomic E-state index is 14.1. The molecule has 0 fully saturated rings. The molecular formula is C29H38FN7O2SSi. The molecule has 0 spiro atoms. The molecule has 1 aliphatic carbocycles. The highest BCUT2D eigenvalue weighted by Gasteiger charge is 2.23. The first-order chi connectivity index (χ1) is 19.5. The second-order valence-electron chi connectivity index (χ2n) is 12.2. The molecule has 218 valence electrons. The average Bonchev–Trinajstić information content (AvgIpc) is 3.67. The third-order valence-corrected chi connectivity index (χ3v) is 9.67. The van der Waals surface area contributed by atoms with Crippen LogP contribution in [0.5, 0.6) is 0 Å². The third-order valence-electron chi connectivity index (χ3n) is 7.19. The van der Waals surface area contributed by atoms with Crippen molar-refractivity contribution < 1.29 is 14.2 Å². The summed E-state index contributed by atoms with van der Waals surface area (Å²) < 4.78 is 23.7. The minimum absolute atomic E-state index is 0.0282. The summed E-state index contributed by atoms with van der Waals surface area (Å²) in [7, 11) is -1.25. The quantitative estimate of drug-likeness (QED) is 0.115. The van der Waals surface area contributed by atoms with Gasteiger partial charge in [0.15, 0.2) is 0 Å². The number of halogens is 1. The zero-order chi connectivity index (χ0) is 29.2. The Kier molecular flexibility index (Phi) is 8.64. The van der Waals surface area contributed by atoms with Crippen molar-refractivity contribution in [3.63, 3.8) is 0 Å². The van der Waals surface area contributed by atoms with Gasteiger partial charge in [-0.2, -0.15) is 14.5 Å². The number of aryl methyl sites for hydroxylation is 1. The Morgan fingerprint density at radius 3 is 2.73 bits per heavy atom. The maximum Gasteiger partial charge on any atom is 0.228 e. The molecule has 0 unspecified atom stereocenters. The van der Waals surface area contributed by atoms with E-state index in [0.29, 0.717) is 17.7 Å². The van der Waals surface area contributed by atoms with Crippen LogP contribution in [0.4, 0.5) is 16.0 Å². The Labute approximate surface area is 245 Å². The van der Waals surface area contributed by atoms with Crippen LogP contribution in [-0.4, -0.2) is 55.9 Å². The largest absolute Gasteiger partial charge is 0.394 e. The molecule has 12 heteroatoms. The number of hydrogen-bond acceptors (Lipinski definition) is 8. The highest BCUT2D eigenvalue weighted by molar-refractivity contribution is 7.99. The van der Waals surface area contributed by atoms with Gasteiger partial charge in [0.05, 0.1) is 17.8 Å². The molecular weight excluding hydrogens is 558 g/mol. The van der Waals surface area contributed by atoms with E-state index in [-0.39, 0.29) is 13.3 Å². The highest BCUT2D eigenvalue weighted by atomic mass is 32.2. The Hall–Kier alpha value is -3.06. The van der Waals surface area contributed by atoms with Gasteiger partial charge < -0.3 is 15.2 Å². The van der Waals surface area contributed by atoms with Gasteiger partial charge in [-0.25, -0.2) is 9.67 Å². The summed E-state index contributed by atoms with van der Waals surface area (Å²) in [6.45, 7) is 11.7. The Morgan fingerprint density at radius 2 is 1.98 bits per heavy atom. The van der Waals surface area contributed by atoms with E-state index < -0.39 is 19.6 Å². The molecule has 9 nitrogen and oxygen atoms in total. The Balaban J connectivity index is 1.47. The van der Waals surface area contributed by atoms with E-state index in [4.69, 9.17) is 14.8 Å². The minimum Gasteiger partial charge on any atom is -0.394 e. The van der Waals surface area contributed by atoms with Crippen LogP contribution in [-0.2, 0) is 29.8 Å². The fraction of sp³-hybridized carbons (Fsp3) is 0.448. The molecule has 3 heterocycles. The summed E-state index contributed by atoms with van der Waals surface area (Å²) in [5.74, 6) is 0.0297. The van der Waals surface area contributed by atoms with Gasteiger partial charge in [0, 0.05) is 38.7 Å². The lowest BCUT2D eigenvalue weighted by molar-refractivity contribution is 0.0792. The molecule has 3 aromatic heterocycles. The number of ether oxygens (including phenoxy) is 1. The zero-order valence-corrected chi connectivity index (χ0v) is 26.1. The first-order valence-electron chi connectivity index (χ1n) is 13.9. The van der Waals surface area contributed by atoms with Crippen molar-refractivity contribution in [1.29, 1.82) is 0 Å². The predicted molar refractivity (Wildman–Crippen MR) is 162 cm³/mol. The summed E-state index contributed by atoms with van der Waals surface area (Å²) in [5, 5.41) is 23.9. The summed E-state index contributed by atoms with van der Waals surface area (Å²) >= 11 is 1.35. The van der Waals surface area contributed by atoms with Gasteiger partial charge in [-0.05, 0) is 79.7 Å². The van der Waals surface area contributed by atoms with E-state index in [2.05, 4.69) is 41.1 Å². The van der Waals surface area contributed by atoms with E-state index in [1.807, 2.05) is 38.2 Å². The van der Waals surface area contributed by atoms with Gasteiger partial charge in [-0.1, -0.05) is 31.8 Å². The van der Waals surface area contributed by atoms with Gasteiger partial charge in [0.25, 0.3) is 0 Å². The molecule has 5 rings (SSSR count). The van der Waals surface area contributed by atoms with Crippen LogP contribution < -0.4 is 5.32 Å². The molecule has 0 radical (unpaired) electrons. The standard InChI is InChI=1S/C29H38FN7O2SSi/c1-29(2,18-38)37-14-12-25(34-37)40-28-33-27(36(35-28)19-39-15-16-41(3,4)5)32-26-22-8-6-7-20(22)9-10-23(26)21-11-13-31-24(30)17-21/h9-14,17,38H,6-8,15-16,18-19H2,1-5H3,(H,32,33,35). The van der Waals surface area contributed by atoms with Crippen LogP contribution >= 0.6 is 11.8 Å². The number of hydrogen-bond donors (Lipinski definition) is 2. The van der Waals surface area contributed by atoms with Crippen LogP contribution in [0.25, 0.3) is 11.1 Å². The number of aliphatic hydroxyl groups is 1. The van der Waals surface area contributed by atoms with Gasteiger partial charge in [0.1, 0.15) is 11.8 Å². The van der Waals surface area contributed by atoms with Crippen molar-refractivity contribution in [2.45, 2.75) is 81.2 Å². The number of nitrogens with zero attached hydrogens (tertiary/aromatic N) is 6. The summed E-state index contributed by atoms with van der Waals surface area (Å²) in [6.07, 6.45) is 6.35. The fourth-order valence-electron chi connectivity index (χ4n) is 4.67. The van der Waals surface area contributed by atoms with Crippen molar-refractivity contribution in [2.75, 3.05) is 18.5 Å². The average molecular weight is 596 g/mol. The SMILES string of the molecule is CC(C)(CO)n1ccc(Sc2nc(Nc3c(-c4ccnc(F)c4)ccc4c3CCC4)n(COCC[Si](C)(C)C)n2)n1. The van der Waals surface area contributed by atoms with Crippen molar-refractivity contribution in [3.05, 3.63) is 59.8 Å². The first kappa shape index (κ1) is 29.4. The number of aliphatic hydroxyl groups excluding tert-OH is 1. The number of benzene rings is 1. The number of rotatable bonds is 12. The van der Waals surface area contributed by atoms with E-state index >= 15 is 0 Å². The maximum atomic E-state index is 14.1. The number of pyridine rings is 1. The molecule has 0 amide bonds. The van der Waals surface area contributed by atoms with Crippen molar-refractivity contribution in [1.82, 2.24) is 29.5 Å². The number of fused-ring (bicyclic) bond motifs is 1. The molecule has 1 aromatic carbocycles. The predicted octanol–water partition coefficient (Wildman–Crippen LogP) is 6.10. The topological polar surface area (TPSA) is 103 Å². The summed E-state index contributed by atoms with van der Waals surface area (Å²) in [6, 6.07) is 10.4. The van der Waals surface area contributed by atoms with E-state index in [0.717, 1.165) is 47.1 Å². The number of aromatic nitrogens is 6. The molecule has 0 saturated carbocycles. The molecule has 0 bridgehead atoms. The van der Waals surface area contributed by atoms with Crippen molar-refractivity contribution in [3.8, 4) is 11.1 Å². The molecule has 4 aromatic rings. The molecule has 0 aliphatic heterocycles. The molecule has 0 atom stereocenters. The summed E-state index contributed by atoms with van der Waals surface area (Å²) in [4.78, 5) is 8.58. The minimum atomic E-state index is -1.25. The second-order valence-corrected chi connectivity index (χ2v) is 18.8. The molecule has 0 saturated heterocycles. The van der Waals surface area contributed by atoms with E-state index in [1.54, 1.807) is 9.36 Å². The van der Waals surface area contributed by atoms with Crippen molar-refractivity contribution in [2.24, 2.45) is 0 Å². The summed E-state index contributed by atoms with van der Waals surface area (Å²) in [5.41, 5.74) is 4.54. The molecule has 2 N–H and O–H groups in total. The smallest absolute Gasteiger partial charge is 0.228 e. The molecule has 1 aliphatic rings. The first-order valence-corrected chi connectivity index (χ1v) is 18.5. The van der Waals surface area contributed by atoms with Gasteiger partial charge in [-0.15, -0.1) is 5.10 Å². The van der Waals surface area contributed by atoms with E-state index in [1.165, 1.54) is 35.2 Å². The number of nitrogens with one attached hydrogen (secondary N) is 1. The number of anilines is 2. The van der Waals surface area contributed by atoms with Gasteiger partial charge >= 0.3 is 0 Å².